The summed E-state index contributed by atoms with van der Waals surface area (Å²) in [5.41, 5.74) is 17.4. The number of hydrogen-bond donors (Lipinski definition) is 0. The maximum Gasteiger partial charge on any atom is 0.252 e. The summed E-state index contributed by atoms with van der Waals surface area (Å²) in [6, 6.07) is 76.8. The number of para-hydroxylation sites is 4. The van der Waals surface area contributed by atoms with Crippen LogP contribution in [0.15, 0.2) is 206 Å². The molecule has 2 aromatic heterocycles. The van der Waals surface area contributed by atoms with Crippen LogP contribution in [-0.2, 0) is 0 Å². The van der Waals surface area contributed by atoms with E-state index in [1.165, 1.54) is 115 Å². The maximum absolute atomic E-state index is 2.60. The van der Waals surface area contributed by atoms with Gasteiger partial charge in [0.2, 0.25) is 0 Å². The molecule has 0 spiro atoms. The smallest absolute Gasteiger partial charge is 0.252 e. The Balaban J connectivity index is 1.14. The van der Waals surface area contributed by atoms with Crippen molar-refractivity contribution in [2.45, 2.75) is 0 Å². The lowest BCUT2D eigenvalue weighted by Gasteiger charge is -2.41. The van der Waals surface area contributed by atoms with E-state index in [0.717, 1.165) is 5.69 Å². The summed E-state index contributed by atoms with van der Waals surface area (Å²) in [5, 5.41) is 10.2. The summed E-state index contributed by atoms with van der Waals surface area (Å²) < 4.78 is 5.00. The summed E-state index contributed by atoms with van der Waals surface area (Å²) in [5.74, 6) is 0. The van der Waals surface area contributed by atoms with Crippen molar-refractivity contribution in [2.24, 2.45) is 0 Å². The van der Waals surface area contributed by atoms with Crippen LogP contribution in [0.25, 0.3) is 87.7 Å². The van der Waals surface area contributed by atoms with Crippen LogP contribution < -0.4 is 21.3 Å². The first-order chi connectivity index (χ1) is 29.8. The molecule has 0 unspecified atom stereocenters. The third-order valence-electron chi connectivity index (χ3n) is 13.4. The van der Waals surface area contributed by atoms with Gasteiger partial charge >= 0.3 is 0 Å². The van der Waals surface area contributed by atoms with Gasteiger partial charge in [0, 0.05) is 50.0 Å². The predicted octanol–water partition coefficient (Wildman–Crippen LogP) is 12.5. The second-order valence-corrected chi connectivity index (χ2v) is 16.5. The largest absolute Gasteiger partial charge is 0.311 e. The predicted molar refractivity (Wildman–Crippen MR) is 255 cm³/mol. The Labute approximate surface area is 346 Å². The molecule has 14 rings (SSSR count). The molecule has 0 aliphatic carbocycles. The minimum absolute atomic E-state index is 0.0267. The lowest BCUT2D eigenvalue weighted by Crippen LogP contribution is -2.60. The minimum Gasteiger partial charge on any atom is -0.311 e. The van der Waals surface area contributed by atoms with Crippen molar-refractivity contribution in [1.29, 1.82) is 0 Å². The van der Waals surface area contributed by atoms with Crippen molar-refractivity contribution in [2.75, 3.05) is 4.90 Å². The first-order valence-electron chi connectivity index (χ1n) is 20.9. The van der Waals surface area contributed by atoms with Gasteiger partial charge in [0.05, 0.1) is 22.1 Å². The molecular formula is C56H34BN3. The molecule has 4 heterocycles. The van der Waals surface area contributed by atoms with E-state index in [9.17, 15) is 0 Å². The first kappa shape index (κ1) is 32.2. The maximum atomic E-state index is 2.60. The molecule has 0 atom stereocenters. The normalized spacial score (nSPS) is 12.9. The average molecular weight is 760 g/mol. The molecule has 0 saturated carbocycles. The third-order valence-corrected chi connectivity index (χ3v) is 13.4. The van der Waals surface area contributed by atoms with Gasteiger partial charge in [-0.25, -0.2) is 0 Å². The van der Waals surface area contributed by atoms with Crippen molar-refractivity contribution in [3.05, 3.63) is 206 Å². The monoisotopic (exact) mass is 759 g/mol. The molecule has 0 fully saturated rings. The highest BCUT2D eigenvalue weighted by molar-refractivity contribution is 7.00. The van der Waals surface area contributed by atoms with Crippen molar-refractivity contribution in [3.63, 3.8) is 0 Å². The molecule has 0 saturated heterocycles. The molecule has 276 valence electrons. The molecule has 3 nitrogen and oxygen atoms in total. The topological polar surface area (TPSA) is 13.1 Å². The van der Waals surface area contributed by atoms with Crippen LogP contribution in [-0.4, -0.2) is 15.8 Å². The number of fused-ring (bicyclic) bond motifs is 13. The zero-order valence-electron chi connectivity index (χ0n) is 32.5. The van der Waals surface area contributed by atoms with Crippen molar-refractivity contribution < 1.29 is 0 Å². The van der Waals surface area contributed by atoms with Gasteiger partial charge in [0.1, 0.15) is 0 Å². The summed E-state index contributed by atoms with van der Waals surface area (Å²) in [6.07, 6.45) is 0. The van der Waals surface area contributed by atoms with Gasteiger partial charge in [0.25, 0.3) is 6.71 Å². The van der Waals surface area contributed by atoms with Crippen LogP contribution in [0.3, 0.4) is 0 Å². The molecule has 2 aliphatic rings. The number of nitrogens with zero attached hydrogens (tertiary/aromatic N) is 3. The van der Waals surface area contributed by atoms with Crippen LogP contribution in [0.2, 0.25) is 0 Å². The van der Waals surface area contributed by atoms with Crippen molar-refractivity contribution in [3.8, 4) is 22.5 Å². The first-order valence-corrected chi connectivity index (χ1v) is 20.9. The number of anilines is 3. The zero-order valence-corrected chi connectivity index (χ0v) is 32.5. The van der Waals surface area contributed by atoms with Gasteiger partial charge in [-0.1, -0.05) is 140 Å². The highest BCUT2D eigenvalue weighted by atomic mass is 15.2. The molecule has 10 aromatic carbocycles. The second-order valence-electron chi connectivity index (χ2n) is 16.5. The number of hydrogen-bond acceptors (Lipinski definition) is 1. The van der Waals surface area contributed by atoms with Gasteiger partial charge < -0.3 is 14.0 Å². The Kier molecular flexibility index (Phi) is 6.37. The van der Waals surface area contributed by atoms with Gasteiger partial charge in [0.15, 0.2) is 0 Å². The van der Waals surface area contributed by atoms with Crippen LogP contribution in [0.1, 0.15) is 0 Å². The fraction of sp³-hybridized carbons (Fsp3) is 0. The Bertz CT molecular complexity index is 3790. The molecule has 2 aliphatic heterocycles. The van der Waals surface area contributed by atoms with E-state index in [1.54, 1.807) is 0 Å². The Morgan fingerprint density at radius 1 is 0.333 bits per heavy atom. The molecule has 4 heteroatoms. The molecular weight excluding hydrogens is 725 g/mol. The van der Waals surface area contributed by atoms with E-state index >= 15 is 0 Å². The lowest BCUT2D eigenvalue weighted by molar-refractivity contribution is 1.18. The molecule has 12 aromatic rings. The summed E-state index contributed by atoms with van der Waals surface area (Å²) in [7, 11) is 0. The van der Waals surface area contributed by atoms with Crippen LogP contribution >= 0.6 is 0 Å². The van der Waals surface area contributed by atoms with Gasteiger partial charge in [-0.05, 0) is 116 Å². The van der Waals surface area contributed by atoms with E-state index in [1.807, 2.05) is 0 Å². The molecule has 60 heavy (non-hydrogen) atoms. The highest BCUT2D eigenvalue weighted by Gasteiger charge is 2.43. The van der Waals surface area contributed by atoms with Gasteiger partial charge in [-0.3, -0.25) is 0 Å². The number of aromatic nitrogens is 2. The fourth-order valence-corrected chi connectivity index (χ4v) is 10.9. The van der Waals surface area contributed by atoms with E-state index in [4.69, 9.17) is 0 Å². The summed E-state index contributed by atoms with van der Waals surface area (Å²) in [4.78, 5) is 2.54. The summed E-state index contributed by atoms with van der Waals surface area (Å²) >= 11 is 0. The molecule has 0 bridgehead atoms. The standard InChI is InChI=1S/C56H34BN3/c1-3-18-40(19-4-1)58-48-25-13-11-23-43(48)45-29-37(27-28-50(45)58)39-33-52-55-53(34-39)60-49-26-14-12-24-44(49)54-42-22-10-9-17-38(42)31-47(56(54)60)57(55)46-30-35-15-7-8-16-36(35)32-51(46)59(52)41-20-5-2-6-21-41/h1-34H. The molecule has 0 radical (unpaired) electrons. The number of rotatable bonds is 3. The quantitative estimate of drug-likeness (QED) is 0.164. The van der Waals surface area contributed by atoms with E-state index in [2.05, 4.69) is 220 Å². The van der Waals surface area contributed by atoms with E-state index < -0.39 is 0 Å². The SMILES string of the molecule is c1ccc(N2c3cc4ccccc4cc3B3c4c2cc(-c2ccc5c(c2)c2ccccc2n5-c2ccccc2)cc4-n2c4ccccc4c4c5ccccc5cc3c42)cc1. The Hall–Kier alpha value is -7.82. The lowest BCUT2D eigenvalue weighted by atomic mass is 9.33. The highest BCUT2D eigenvalue weighted by Crippen LogP contribution is 2.46. The van der Waals surface area contributed by atoms with Crippen molar-refractivity contribution in [1.82, 2.24) is 9.13 Å². The van der Waals surface area contributed by atoms with E-state index in [-0.39, 0.29) is 6.71 Å². The van der Waals surface area contributed by atoms with Crippen LogP contribution in [0.4, 0.5) is 17.1 Å². The average Bonchev–Trinajstić information content (AvgIpc) is 3.84. The molecule has 0 N–H and O–H groups in total. The Morgan fingerprint density at radius 3 is 1.70 bits per heavy atom. The summed E-state index contributed by atoms with van der Waals surface area (Å²) in [6.45, 7) is 0.0267. The van der Waals surface area contributed by atoms with E-state index in [0.29, 0.717) is 0 Å². The molecule has 0 amide bonds. The third kappa shape index (κ3) is 4.24. The van der Waals surface area contributed by atoms with Crippen LogP contribution in [0.5, 0.6) is 0 Å². The zero-order chi connectivity index (χ0) is 39.1. The van der Waals surface area contributed by atoms with Crippen molar-refractivity contribution >= 4 is 105 Å². The van der Waals surface area contributed by atoms with Gasteiger partial charge in [-0.15, -0.1) is 0 Å². The minimum atomic E-state index is 0.0267. The fourth-order valence-electron chi connectivity index (χ4n) is 10.9. The Morgan fingerprint density at radius 2 is 0.917 bits per heavy atom. The number of benzene rings is 10. The van der Waals surface area contributed by atoms with Crippen LogP contribution in [0, 0.1) is 0 Å². The second kappa shape index (κ2) is 11.9. The van der Waals surface area contributed by atoms with Gasteiger partial charge in [-0.2, -0.15) is 0 Å².